The van der Waals surface area contributed by atoms with Crippen molar-refractivity contribution in [2.45, 2.75) is 19.9 Å². The largest absolute Gasteiger partial charge is 0.497 e. The lowest BCUT2D eigenvalue weighted by atomic mass is 10.0. The third-order valence-corrected chi connectivity index (χ3v) is 3.30. The average Bonchev–Trinajstić information content (AvgIpc) is 2.55. The van der Waals surface area contributed by atoms with Crippen molar-refractivity contribution in [1.29, 1.82) is 0 Å². The zero-order chi connectivity index (χ0) is 15.1. The summed E-state index contributed by atoms with van der Waals surface area (Å²) in [4.78, 5) is 4.47. The maximum absolute atomic E-state index is 5.42. The van der Waals surface area contributed by atoms with E-state index in [0.29, 0.717) is 0 Å². The topological polar surface area (TPSA) is 43.4 Å². The third kappa shape index (κ3) is 3.73. The highest BCUT2D eigenvalue weighted by atomic mass is 16.5. The lowest BCUT2D eigenvalue weighted by Crippen LogP contribution is -2.14. The Labute approximate surface area is 126 Å². The molecule has 0 fully saturated rings. The summed E-state index contributed by atoms with van der Waals surface area (Å²) in [5.41, 5.74) is 3.08. The van der Waals surface area contributed by atoms with Crippen LogP contribution in [0.15, 0.2) is 36.5 Å². The fourth-order valence-corrected chi connectivity index (χ4v) is 2.23. The number of nitrogens with one attached hydrogen (secondary N) is 1. The smallest absolute Gasteiger partial charge is 0.145 e. The summed E-state index contributed by atoms with van der Waals surface area (Å²) in [7, 11) is 3.35. The first-order valence-electron chi connectivity index (χ1n) is 7.17. The molecule has 0 spiro atoms. The Hall–Kier alpha value is -2.07. The minimum atomic E-state index is 0.777. The zero-order valence-electron chi connectivity index (χ0n) is 12.8. The fourth-order valence-electron chi connectivity index (χ4n) is 2.23. The quantitative estimate of drug-likeness (QED) is 0.793. The number of aromatic nitrogens is 1. The van der Waals surface area contributed by atoms with Crippen LogP contribution in [-0.4, -0.2) is 25.7 Å². The van der Waals surface area contributed by atoms with Crippen LogP contribution in [0.3, 0.4) is 0 Å². The molecule has 0 saturated carbocycles. The highest BCUT2D eigenvalue weighted by Crippen LogP contribution is 2.32. The molecule has 4 heteroatoms. The number of nitrogens with zero attached hydrogens (tertiary/aromatic N) is 1. The summed E-state index contributed by atoms with van der Waals surface area (Å²) in [5.74, 6) is 1.63. The second-order valence-electron chi connectivity index (χ2n) is 4.75. The van der Waals surface area contributed by atoms with Gasteiger partial charge >= 0.3 is 0 Å². The number of benzene rings is 1. The van der Waals surface area contributed by atoms with E-state index in [1.807, 2.05) is 30.3 Å². The van der Waals surface area contributed by atoms with Crippen molar-refractivity contribution in [3.05, 3.63) is 42.1 Å². The van der Waals surface area contributed by atoms with Gasteiger partial charge in [0.2, 0.25) is 0 Å². The molecule has 1 aromatic carbocycles. The molecule has 0 radical (unpaired) electrons. The Morgan fingerprint density at radius 1 is 1.14 bits per heavy atom. The van der Waals surface area contributed by atoms with Gasteiger partial charge in [0.15, 0.2) is 0 Å². The van der Waals surface area contributed by atoms with Gasteiger partial charge in [0.1, 0.15) is 17.2 Å². The van der Waals surface area contributed by atoms with E-state index in [9.17, 15) is 0 Å². The van der Waals surface area contributed by atoms with Gasteiger partial charge < -0.3 is 14.8 Å². The van der Waals surface area contributed by atoms with E-state index < -0.39 is 0 Å². The molecule has 0 bridgehead atoms. The standard InChI is InChI=1S/C17H22N2O2/c1-4-9-18-12-13-11-14(20-2)7-8-15(13)17-16(21-3)6-5-10-19-17/h5-8,10-11,18H,4,9,12H2,1-3H3. The van der Waals surface area contributed by atoms with Crippen molar-refractivity contribution >= 4 is 0 Å². The molecule has 0 aliphatic carbocycles. The van der Waals surface area contributed by atoms with Crippen LogP contribution >= 0.6 is 0 Å². The van der Waals surface area contributed by atoms with Gasteiger partial charge in [0.05, 0.1) is 14.2 Å². The molecule has 0 saturated heterocycles. The lowest BCUT2D eigenvalue weighted by Gasteiger charge is -2.14. The number of ether oxygens (including phenoxy) is 2. The van der Waals surface area contributed by atoms with Crippen molar-refractivity contribution in [1.82, 2.24) is 10.3 Å². The molecule has 0 amide bonds. The molecule has 0 aliphatic heterocycles. The van der Waals surface area contributed by atoms with Crippen LogP contribution in [0.4, 0.5) is 0 Å². The summed E-state index contributed by atoms with van der Waals surface area (Å²) in [6.45, 7) is 3.91. The van der Waals surface area contributed by atoms with Crippen molar-refractivity contribution < 1.29 is 9.47 Å². The normalized spacial score (nSPS) is 10.4. The fraction of sp³-hybridized carbons (Fsp3) is 0.353. The zero-order valence-corrected chi connectivity index (χ0v) is 12.8. The van der Waals surface area contributed by atoms with Crippen molar-refractivity contribution in [2.75, 3.05) is 20.8 Å². The molecule has 2 rings (SSSR count). The summed E-state index contributed by atoms with van der Waals surface area (Å²) in [6.07, 6.45) is 2.89. The molecule has 1 aromatic heterocycles. The minimum absolute atomic E-state index is 0.777. The Kier molecular flexibility index (Phi) is 5.58. The Bertz CT molecular complexity index is 585. The van der Waals surface area contributed by atoms with Crippen molar-refractivity contribution in [2.24, 2.45) is 0 Å². The molecule has 0 aliphatic rings. The molecular weight excluding hydrogens is 264 g/mol. The number of hydrogen-bond donors (Lipinski definition) is 1. The second-order valence-corrected chi connectivity index (χ2v) is 4.75. The van der Waals surface area contributed by atoms with Crippen LogP contribution < -0.4 is 14.8 Å². The van der Waals surface area contributed by atoms with Crippen LogP contribution in [0.2, 0.25) is 0 Å². The number of methoxy groups -OCH3 is 2. The minimum Gasteiger partial charge on any atom is -0.497 e. The molecule has 21 heavy (non-hydrogen) atoms. The number of hydrogen-bond acceptors (Lipinski definition) is 4. The average molecular weight is 286 g/mol. The van der Waals surface area contributed by atoms with Crippen LogP contribution in [0.5, 0.6) is 11.5 Å². The first-order chi connectivity index (χ1) is 10.3. The van der Waals surface area contributed by atoms with E-state index in [1.54, 1.807) is 20.4 Å². The van der Waals surface area contributed by atoms with Gasteiger partial charge in [-0.3, -0.25) is 4.98 Å². The van der Waals surface area contributed by atoms with Gasteiger partial charge in [-0.05, 0) is 48.9 Å². The molecule has 0 unspecified atom stereocenters. The van der Waals surface area contributed by atoms with Gasteiger partial charge in [-0.2, -0.15) is 0 Å². The van der Waals surface area contributed by atoms with E-state index in [2.05, 4.69) is 17.2 Å². The maximum Gasteiger partial charge on any atom is 0.145 e. The van der Waals surface area contributed by atoms with E-state index >= 15 is 0 Å². The van der Waals surface area contributed by atoms with Gasteiger partial charge in [-0.25, -0.2) is 0 Å². The number of rotatable bonds is 7. The SMILES string of the molecule is CCCNCc1cc(OC)ccc1-c1ncccc1OC. The molecule has 1 heterocycles. The summed E-state index contributed by atoms with van der Waals surface area (Å²) < 4.78 is 10.8. The van der Waals surface area contributed by atoms with E-state index in [-0.39, 0.29) is 0 Å². The Morgan fingerprint density at radius 3 is 2.71 bits per heavy atom. The van der Waals surface area contributed by atoms with E-state index in [1.165, 1.54) is 0 Å². The molecule has 0 atom stereocenters. The summed E-state index contributed by atoms with van der Waals surface area (Å²) in [5, 5.41) is 3.43. The molecule has 112 valence electrons. The predicted octanol–water partition coefficient (Wildman–Crippen LogP) is 3.27. The Balaban J connectivity index is 2.41. The number of pyridine rings is 1. The van der Waals surface area contributed by atoms with Crippen molar-refractivity contribution in [3.8, 4) is 22.8 Å². The van der Waals surface area contributed by atoms with Gasteiger partial charge in [0, 0.05) is 18.3 Å². The molecule has 1 N–H and O–H groups in total. The van der Waals surface area contributed by atoms with E-state index in [0.717, 1.165) is 47.8 Å². The van der Waals surface area contributed by atoms with Crippen molar-refractivity contribution in [3.63, 3.8) is 0 Å². The van der Waals surface area contributed by atoms with Gasteiger partial charge in [-0.15, -0.1) is 0 Å². The second kappa shape index (κ2) is 7.64. The van der Waals surface area contributed by atoms with Crippen LogP contribution in [0.25, 0.3) is 11.3 Å². The molecular formula is C17H22N2O2. The molecule has 2 aromatic rings. The highest BCUT2D eigenvalue weighted by Gasteiger charge is 2.12. The Morgan fingerprint density at radius 2 is 2.00 bits per heavy atom. The lowest BCUT2D eigenvalue weighted by molar-refractivity contribution is 0.413. The first-order valence-corrected chi connectivity index (χ1v) is 7.17. The van der Waals surface area contributed by atoms with Crippen LogP contribution in [0.1, 0.15) is 18.9 Å². The third-order valence-electron chi connectivity index (χ3n) is 3.30. The van der Waals surface area contributed by atoms with E-state index in [4.69, 9.17) is 9.47 Å². The van der Waals surface area contributed by atoms with Gasteiger partial charge in [-0.1, -0.05) is 6.92 Å². The summed E-state index contributed by atoms with van der Waals surface area (Å²) >= 11 is 0. The maximum atomic E-state index is 5.42. The predicted molar refractivity (Wildman–Crippen MR) is 84.8 cm³/mol. The summed E-state index contributed by atoms with van der Waals surface area (Å²) in [6, 6.07) is 9.84. The van der Waals surface area contributed by atoms with Gasteiger partial charge in [0.25, 0.3) is 0 Å². The highest BCUT2D eigenvalue weighted by molar-refractivity contribution is 5.70. The first kappa shape index (κ1) is 15.3. The molecule has 4 nitrogen and oxygen atoms in total. The monoisotopic (exact) mass is 286 g/mol. The van der Waals surface area contributed by atoms with Crippen LogP contribution in [0, 0.1) is 0 Å². The van der Waals surface area contributed by atoms with Crippen LogP contribution in [-0.2, 0) is 6.54 Å².